The molecule has 1 aliphatic heterocycles. The van der Waals surface area contributed by atoms with Gasteiger partial charge in [0.05, 0.1) is 6.61 Å². The molecule has 0 saturated heterocycles. The van der Waals surface area contributed by atoms with E-state index >= 15 is 0 Å². The summed E-state index contributed by atoms with van der Waals surface area (Å²) in [6.45, 7) is 0.0296. The van der Waals surface area contributed by atoms with E-state index in [9.17, 15) is 14.7 Å². The van der Waals surface area contributed by atoms with Crippen molar-refractivity contribution in [2.75, 3.05) is 6.54 Å². The molecule has 2 rings (SSSR count). The lowest BCUT2D eigenvalue weighted by Gasteiger charge is -2.32. The number of hydrogen-bond acceptors (Lipinski definition) is 3. The predicted molar refractivity (Wildman–Crippen MR) is 61.2 cm³/mol. The molecule has 1 atom stereocenters. The van der Waals surface area contributed by atoms with Crippen LogP contribution in [-0.2, 0) is 17.8 Å². The Kier molecular flexibility index (Phi) is 3.20. The van der Waals surface area contributed by atoms with E-state index in [-0.39, 0.29) is 13.2 Å². The molecule has 6 heteroatoms. The van der Waals surface area contributed by atoms with Crippen LogP contribution in [0.1, 0.15) is 22.7 Å². The monoisotopic (exact) mass is 251 g/mol. The summed E-state index contributed by atoms with van der Waals surface area (Å²) in [6.07, 6.45) is -0.779. The van der Waals surface area contributed by atoms with Gasteiger partial charge in [-0.05, 0) is 23.1 Å². The van der Waals surface area contributed by atoms with Crippen LogP contribution in [0, 0.1) is 0 Å². The van der Waals surface area contributed by atoms with Gasteiger partial charge in [-0.15, -0.1) is 0 Å². The summed E-state index contributed by atoms with van der Waals surface area (Å²) < 4.78 is 0. The first-order valence-corrected chi connectivity index (χ1v) is 5.49. The largest absolute Gasteiger partial charge is 0.479 e. The SMILES string of the molecule is O=C(O)C1c2ccc(CO)cc2CCN1C(=O)O. The van der Waals surface area contributed by atoms with E-state index in [1.54, 1.807) is 18.2 Å². The van der Waals surface area contributed by atoms with E-state index in [1.165, 1.54) is 0 Å². The normalized spacial score (nSPS) is 18.3. The molecule has 1 aromatic carbocycles. The van der Waals surface area contributed by atoms with E-state index in [1.807, 2.05) is 0 Å². The number of aliphatic carboxylic acids is 1. The lowest BCUT2D eigenvalue weighted by atomic mass is 9.91. The summed E-state index contributed by atoms with van der Waals surface area (Å²) in [4.78, 5) is 23.2. The minimum absolute atomic E-state index is 0.117. The summed E-state index contributed by atoms with van der Waals surface area (Å²) in [7, 11) is 0. The van der Waals surface area contributed by atoms with E-state index in [2.05, 4.69) is 0 Å². The van der Waals surface area contributed by atoms with Crippen LogP contribution >= 0.6 is 0 Å². The molecule has 1 amide bonds. The fourth-order valence-electron chi connectivity index (χ4n) is 2.25. The summed E-state index contributed by atoms with van der Waals surface area (Å²) in [5, 5.41) is 27.2. The molecule has 1 heterocycles. The fraction of sp³-hybridized carbons (Fsp3) is 0.333. The Hall–Kier alpha value is -2.08. The van der Waals surface area contributed by atoms with Crippen molar-refractivity contribution < 1.29 is 24.9 Å². The molecule has 0 aromatic heterocycles. The van der Waals surface area contributed by atoms with Crippen molar-refractivity contribution in [1.82, 2.24) is 4.90 Å². The van der Waals surface area contributed by atoms with Crippen LogP contribution in [0.4, 0.5) is 4.79 Å². The van der Waals surface area contributed by atoms with E-state index in [0.29, 0.717) is 17.5 Å². The Morgan fingerprint density at radius 3 is 2.61 bits per heavy atom. The maximum atomic E-state index is 11.2. The summed E-state index contributed by atoms with van der Waals surface area (Å²) >= 11 is 0. The first-order valence-electron chi connectivity index (χ1n) is 5.49. The standard InChI is InChI=1S/C12H13NO5/c14-6-7-1-2-9-8(5-7)3-4-13(12(17)18)10(9)11(15)16/h1-2,5,10,14H,3-4,6H2,(H,15,16)(H,17,18). The highest BCUT2D eigenvalue weighted by Gasteiger charge is 2.35. The number of amides is 1. The van der Waals surface area contributed by atoms with Crippen molar-refractivity contribution in [3.8, 4) is 0 Å². The molecule has 0 spiro atoms. The molecule has 1 aromatic rings. The number of hydrogen-bond donors (Lipinski definition) is 3. The van der Waals surface area contributed by atoms with Crippen molar-refractivity contribution in [3.63, 3.8) is 0 Å². The van der Waals surface area contributed by atoms with Crippen LogP contribution in [0.15, 0.2) is 18.2 Å². The van der Waals surface area contributed by atoms with Gasteiger partial charge in [0, 0.05) is 6.54 Å². The highest BCUT2D eigenvalue weighted by molar-refractivity contribution is 5.82. The Balaban J connectivity index is 2.46. The third kappa shape index (κ3) is 2.02. The number of carbonyl (C=O) groups is 2. The second-order valence-corrected chi connectivity index (χ2v) is 4.16. The van der Waals surface area contributed by atoms with Gasteiger partial charge in [0.15, 0.2) is 6.04 Å². The lowest BCUT2D eigenvalue weighted by molar-refractivity contribution is -0.143. The van der Waals surface area contributed by atoms with Crippen molar-refractivity contribution >= 4 is 12.1 Å². The summed E-state index contributed by atoms with van der Waals surface area (Å²) in [5.74, 6) is -1.19. The Bertz CT molecular complexity index is 499. The van der Waals surface area contributed by atoms with Gasteiger partial charge in [0.1, 0.15) is 0 Å². The molecular formula is C12H13NO5. The quantitative estimate of drug-likeness (QED) is 0.723. The molecule has 0 fully saturated rings. The molecule has 1 unspecified atom stereocenters. The molecule has 1 aliphatic rings. The zero-order valence-electron chi connectivity index (χ0n) is 9.54. The zero-order valence-corrected chi connectivity index (χ0v) is 9.54. The van der Waals surface area contributed by atoms with Gasteiger partial charge in [-0.3, -0.25) is 4.90 Å². The highest BCUT2D eigenvalue weighted by atomic mass is 16.4. The smallest absolute Gasteiger partial charge is 0.408 e. The van der Waals surface area contributed by atoms with Gasteiger partial charge in [0.25, 0.3) is 0 Å². The lowest BCUT2D eigenvalue weighted by Crippen LogP contribution is -2.42. The number of aliphatic hydroxyl groups is 1. The molecule has 0 aliphatic carbocycles. The zero-order chi connectivity index (χ0) is 13.3. The van der Waals surface area contributed by atoms with Crippen LogP contribution < -0.4 is 0 Å². The average Bonchev–Trinajstić information content (AvgIpc) is 2.36. The van der Waals surface area contributed by atoms with Gasteiger partial charge in [-0.25, -0.2) is 9.59 Å². The molecule has 18 heavy (non-hydrogen) atoms. The molecule has 3 N–H and O–H groups in total. The second-order valence-electron chi connectivity index (χ2n) is 4.16. The Morgan fingerprint density at radius 2 is 2.06 bits per heavy atom. The molecule has 6 nitrogen and oxygen atoms in total. The molecule has 0 radical (unpaired) electrons. The number of carboxylic acids is 1. The van der Waals surface area contributed by atoms with Crippen LogP contribution in [0.2, 0.25) is 0 Å². The number of rotatable bonds is 2. The molecule has 0 saturated carbocycles. The number of carboxylic acid groups (broad SMARTS) is 2. The third-order valence-corrected chi connectivity index (χ3v) is 3.10. The summed E-state index contributed by atoms with van der Waals surface area (Å²) in [6, 6.07) is 3.75. The Labute approximate surface area is 103 Å². The van der Waals surface area contributed by atoms with Gasteiger partial charge < -0.3 is 15.3 Å². The topological polar surface area (TPSA) is 98.1 Å². The number of benzene rings is 1. The minimum Gasteiger partial charge on any atom is -0.479 e. The second kappa shape index (κ2) is 4.66. The molecular weight excluding hydrogens is 238 g/mol. The predicted octanol–water partition coefficient (Wildman–Crippen LogP) is 0.841. The van der Waals surface area contributed by atoms with E-state index in [0.717, 1.165) is 10.5 Å². The fourth-order valence-corrected chi connectivity index (χ4v) is 2.25. The van der Waals surface area contributed by atoms with E-state index < -0.39 is 18.1 Å². The van der Waals surface area contributed by atoms with Crippen LogP contribution in [0.5, 0.6) is 0 Å². The minimum atomic E-state index is -1.24. The van der Waals surface area contributed by atoms with E-state index in [4.69, 9.17) is 10.2 Å². The van der Waals surface area contributed by atoms with Crippen LogP contribution in [0.3, 0.4) is 0 Å². The van der Waals surface area contributed by atoms with Crippen molar-refractivity contribution in [1.29, 1.82) is 0 Å². The maximum Gasteiger partial charge on any atom is 0.408 e. The van der Waals surface area contributed by atoms with Crippen molar-refractivity contribution in [2.24, 2.45) is 0 Å². The van der Waals surface area contributed by atoms with Crippen LogP contribution in [-0.4, -0.2) is 38.8 Å². The van der Waals surface area contributed by atoms with Gasteiger partial charge in [-0.1, -0.05) is 18.2 Å². The third-order valence-electron chi connectivity index (χ3n) is 3.10. The van der Waals surface area contributed by atoms with Gasteiger partial charge in [0.2, 0.25) is 0 Å². The van der Waals surface area contributed by atoms with Gasteiger partial charge >= 0.3 is 12.1 Å². The van der Waals surface area contributed by atoms with Gasteiger partial charge in [-0.2, -0.15) is 0 Å². The Morgan fingerprint density at radius 1 is 1.33 bits per heavy atom. The summed E-state index contributed by atoms with van der Waals surface area (Å²) in [5.41, 5.74) is 1.96. The molecule has 0 bridgehead atoms. The highest BCUT2D eigenvalue weighted by Crippen LogP contribution is 2.30. The molecule has 96 valence electrons. The first-order chi connectivity index (χ1) is 8.54. The van der Waals surface area contributed by atoms with Crippen LogP contribution in [0.25, 0.3) is 0 Å². The number of aliphatic hydroxyl groups excluding tert-OH is 1. The average molecular weight is 251 g/mol. The van der Waals surface area contributed by atoms with Crippen molar-refractivity contribution in [3.05, 3.63) is 34.9 Å². The first kappa shape index (κ1) is 12.4. The maximum absolute atomic E-state index is 11.2. The van der Waals surface area contributed by atoms with Crippen molar-refractivity contribution in [2.45, 2.75) is 19.1 Å². The number of fused-ring (bicyclic) bond motifs is 1. The number of nitrogens with zero attached hydrogens (tertiary/aromatic N) is 1.